The second kappa shape index (κ2) is 12.3. The van der Waals surface area contributed by atoms with Gasteiger partial charge in [-0.2, -0.15) is 13.7 Å². The normalized spacial score (nSPS) is 13.9. The Balaban J connectivity index is 1.71. The molecule has 0 bridgehead atoms. The summed E-state index contributed by atoms with van der Waals surface area (Å²) in [6.07, 6.45) is 2.82. The monoisotopic (exact) mass is 580 g/mol. The van der Waals surface area contributed by atoms with Crippen LogP contribution in [0.2, 0.25) is 0 Å². The fraction of sp³-hybridized carbons (Fsp3) is 0.400. The van der Waals surface area contributed by atoms with Gasteiger partial charge in [-0.3, -0.25) is 19.5 Å². The highest BCUT2D eigenvalue weighted by Crippen LogP contribution is 2.36. The zero-order valence-corrected chi connectivity index (χ0v) is 24.3. The maximum absolute atomic E-state index is 13.7. The van der Waals surface area contributed by atoms with Gasteiger partial charge < -0.3 is 15.0 Å². The third-order valence-electron chi connectivity index (χ3n) is 6.91. The van der Waals surface area contributed by atoms with E-state index in [1.54, 1.807) is 32.2 Å². The number of carbonyl (C=O) groups is 2. The Bertz CT molecular complexity index is 1480. The Morgan fingerprint density at radius 2 is 1.81 bits per heavy atom. The quantitative estimate of drug-likeness (QED) is 0.330. The van der Waals surface area contributed by atoms with E-state index in [2.05, 4.69) is 20.4 Å². The summed E-state index contributed by atoms with van der Waals surface area (Å²) in [5.41, 5.74) is 2.12. The first kappa shape index (κ1) is 30.6. The number of hydrogen-bond donors (Lipinski definition) is 1. The molecule has 222 valence electrons. The lowest BCUT2D eigenvalue weighted by atomic mass is 10.00. The molecule has 1 saturated heterocycles. The molecule has 3 heterocycles. The van der Waals surface area contributed by atoms with E-state index in [1.165, 1.54) is 24.1 Å². The van der Waals surface area contributed by atoms with Crippen LogP contribution >= 0.6 is 0 Å². The van der Waals surface area contributed by atoms with Crippen LogP contribution in [0.3, 0.4) is 0 Å². The first-order valence-corrected chi connectivity index (χ1v) is 13.5. The number of anilines is 3. The summed E-state index contributed by atoms with van der Waals surface area (Å²) < 4.78 is 33.0. The summed E-state index contributed by atoms with van der Waals surface area (Å²) in [5.74, 6) is -3.60. The molecule has 1 N–H and O–H groups in total. The van der Waals surface area contributed by atoms with Crippen molar-refractivity contribution in [3.63, 3.8) is 0 Å². The van der Waals surface area contributed by atoms with Crippen LogP contribution in [0.4, 0.5) is 26.0 Å². The van der Waals surface area contributed by atoms with Crippen LogP contribution in [0.5, 0.6) is 0 Å². The first-order chi connectivity index (χ1) is 19.8. The maximum Gasteiger partial charge on any atom is 0.286 e. The number of carbonyl (C=O) groups excluding carboxylic acids is 2. The predicted octanol–water partition coefficient (Wildman–Crippen LogP) is 5.55. The van der Waals surface area contributed by atoms with Crippen molar-refractivity contribution < 1.29 is 23.1 Å². The zero-order valence-electron chi connectivity index (χ0n) is 24.3. The fourth-order valence-corrected chi connectivity index (χ4v) is 4.62. The highest BCUT2D eigenvalue weighted by Gasteiger charge is 2.30. The third kappa shape index (κ3) is 7.11. The van der Waals surface area contributed by atoms with Crippen molar-refractivity contribution in [2.75, 3.05) is 48.0 Å². The molecule has 3 aromatic rings. The van der Waals surface area contributed by atoms with Crippen LogP contribution in [0.25, 0.3) is 11.1 Å². The van der Waals surface area contributed by atoms with Crippen LogP contribution < -0.4 is 15.1 Å². The number of halogens is 2. The smallest absolute Gasteiger partial charge is 0.286 e. The SMILES string of the molecule is CC(=O)N(CC(C)(C)N=O)c1ncc(-c2cc(NC(=O)c3ccnc(C(C)(F)F)c3)ccc2C)cc1N1CCOCC1. The van der Waals surface area contributed by atoms with Gasteiger partial charge in [-0.25, -0.2) is 4.98 Å². The Labute approximate surface area is 243 Å². The summed E-state index contributed by atoms with van der Waals surface area (Å²) in [4.78, 5) is 49.0. The van der Waals surface area contributed by atoms with Crippen molar-refractivity contribution in [1.82, 2.24) is 9.97 Å². The van der Waals surface area contributed by atoms with Gasteiger partial charge in [0.15, 0.2) is 5.82 Å². The molecule has 1 aromatic carbocycles. The van der Waals surface area contributed by atoms with Gasteiger partial charge in [-0.05, 0) is 62.2 Å². The van der Waals surface area contributed by atoms with Gasteiger partial charge in [0.25, 0.3) is 11.8 Å². The number of benzene rings is 1. The van der Waals surface area contributed by atoms with Crippen LogP contribution in [0.15, 0.2) is 54.0 Å². The molecule has 0 radical (unpaired) electrons. The van der Waals surface area contributed by atoms with Gasteiger partial charge in [0.1, 0.15) is 11.2 Å². The number of nitrogens with one attached hydrogen (secondary N) is 1. The molecule has 10 nitrogen and oxygen atoms in total. The molecule has 2 amide bonds. The maximum atomic E-state index is 13.7. The summed E-state index contributed by atoms with van der Waals surface area (Å²) in [6, 6.07) is 9.72. The third-order valence-corrected chi connectivity index (χ3v) is 6.91. The average Bonchev–Trinajstić information content (AvgIpc) is 2.96. The molecule has 42 heavy (non-hydrogen) atoms. The van der Waals surface area contributed by atoms with E-state index in [0.29, 0.717) is 43.5 Å². The minimum absolute atomic E-state index is 0.0523. The molecule has 0 spiro atoms. The van der Waals surface area contributed by atoms with E-state index in [4.69, 9.17) is 9.72 Å². The van der Waals surface area contributed by atoms with Crippen molar-refractivity contribution in [2.45, 2.75) is 46.1 Å². The number of pyridine rings is 2. The predicted molar refractivity (Wildman–Crippen MR) is 157 cm³/mol. The number of nitrogens with zero attached hydrogens (tertiary/aromatic N) is 5. The van der Waals surface area contributed by atoms with E-state index in [0.717, 1.165) is 29.7 Å². The zero-order chi connectivity index (χ0) is 30.7. The van der Waals surface area contributed by atoms with Gasteiger partial charge >= 0.3 is 0 Å². The number of rotatable bonds is 9. The summed E-state index contributed by atoms with van der Waals surface area (Å²) >= 11 is 0. The van der Waals surface area contributed by atoms with Crippen LogP contribution in [-0.4, -0.2) is 60.2 Å². The number of aryl methyl sites for hydroxylation is 1. The van der Waals surface area contributed by atoms with Crippen LogP contribution in [0.1, 0.15) is 49.3 Å². The molecular formula is C30H34F2N6O4. The Morgan fingerprint density at radius 3 is 2.45 bits per heavy atom. The molecule has 1 aliphatic heterocycles. The van der Waals surface area contributed by atoms with E-state index in [1.807, 2.05) is 19.1 Å². The lowest BCUT2D eigenvalue weighted by Crippen LogP contribution is -2.43. The van der Waals surface area contributed by atoms with Crippen molar-refractivity contribution >= 4 is 29.0 Å². The number of hydrogen-bond acceptors (Lipinski definition) is 8. The van der Waals surface area contributed by atoms with E-state index < -0.39 is 23.1 Å². The van der Waals surface area contributed by atoms with Crippen molar-refractivity contribution in [3.8, 4) is 11.1 Å². The van der Waals surface area contributed by atoms with Gasteiger partial charge in [0.05, 0.1) is 25.4 Å². The topological polar surface area (TPSA) is 117 Å². The average molecular weight is 581 g/mol. The van der Waals surface area contributed by atoms with Crippen molar-refractivity contribution in [3.05, 3.63) is 70.5 Å². The second-order valence-electron chi connectivity index (χ2n) is 11.0. The van der Waals surface area contributed by atoms with Crippen molar-refractivity contribution in [2.24, 2.45) is 5.18 Å². The molecule has 12 heteroatoms. The minimum atomic E-state index is -3.18. The van der Waals surface area contributed by atoms with Crippen molar-refractivity contribution in [1.29, 1.82) is 0 Å². The summed E-state index contributed by atoms with van der Waals surface area (Å²) in [6.45, 7) is 9.60. The van der Waals surface area contributed by atoms with Gasteiger partial charge in [-0.15, -0.1) is 0 Å². The largest absolute Gasteiger partial charge is 0.378 e. The number of amides is 2. The van der Waals surface area contributed by atoms with Gasteiger partial charge in [0.2, 0.25) is 5.91 Å². The van der Waals surface area contributed by atoms with Gasteiger partial charge in [-0.1, -0.05) is 11.2 Å². The number of alkyl halides is 2. The Morgan fingerprint density at radius 1 is 1.10 bits per heavy atom. The van der Waals surface area contributed by atoms with E-state index >= 15 is 0 Å². The molecule has 0 atom stereocenters. The highest BCUT2D eigenvalue weighted by atomic mass is 19.3. The first-order valence-electron chi connectivity index (χ1n) is 13.5. The van der Waals surface area contributed by atoms with E-state index in [-0.39, 0.29) is 18.0 Å². The molecule has 1 fully saturated rings. The molecule has 2 aromatic heterocycles. The van der Waals surface area contributed by atoms with Crippen LogP contribution in [-0.2, 0) is 15.5 Å². The molecule has 0 aliphatic carbocycles. The minimum Gasteiger partial charge on any atom is -0.378 e. The lowest BCUT2D eigenvalue weighted by Gasteiger charge is -2.34. The second-order valence-corrected chi connectivity index (χ2v) is 11.0. The van der Waals surface area contributed by atoms with Gasteiger partial charge in [0, 0.05) is 56.1 Å². The molecule has 0 unspecified atom stereocenters. The van der Waals surface area contributed by atoms with E-state index in [9.17, 15) is 23.3 Å². The molecular weight excluding hydrogens is 546 g/mol. The molecule has 1 aliphatic rings. The lowest BCUT2D eigenvalue weighted by molar-refractivity contribution is -0.116. The Kier molecular flexibility index (Phi) is 8.95. The summed E-state index contributed by atoms with van der Waals surface area (Å²) in [7, 11) is 0. The fourth-order valence-electron chi connectivity index (χ4n) is 4.62. The number of aromatic nitrogens is 2. The number of morpholine rings is 1. The standard InChI is InChI=1S/C30H34F2N6O4/c1-19-6-7-23(35-28(40)21-8-9-33-26(15-21)30(5,31)32)16-24(19)22-14-25(37-10-12-42-13-11-37)27(34-17-22)38(20(2)39)18-29(3,4)36-41/h6-9,14-17H,10-13,18H2,1-5H3,(H,35,40). The Hall–Kier alpha value is -4.32. The number of ether oxygens (including phenoxy) is 1. The highest BCUT2D eigenvalue weighted by molar-refractivity contribution is 6.04. The van der Waals surface area contributed by atoms with Crippen LogP contribution in [0, 0.1) is 11.8 Å². The molecule has 0 saturated carbocycles. The number of nitroso groups, excluding NO2 is 1. The summed E-state index contributed by atoms with van der Waals surface area (Å²) in [5, 5.41) is 5.96. The molecule has 4 rings (SSSR count).